The Hall–Kier alpha value is -0.840. The quantitative estimate of drug-likeness (QED) is 0.789. The lowest BCUT2D eigenvalue weighted by atomic mass is 10.1. The molecule has 1 aromatic heterocycles. The van der Waals surface area contributed by atoms with Crippen molar-refractivity contribution in [1.82, 2.24) is 9.97 Å². The molecule has 0 aliphatic heterocycles. The molecule has 0 aliphatic carbocycles. The summed E-state index contributed by atoms with van der Waals surface area (Å²) in [5, 5.41) is 3.25. The van der Waals surface area contributed by atoms with Gasteiger partial charge in [0.1, 0.15) is 5.82 Å². The number of halogens is 1. The third-order valence-corrected chi connectivity index (χ3v) is 2.84. The number of nitrogens with one attached hydrogen (secondary N) is 1. The SMILES string of the molecule is CC(C)CCCCNc1nc(N)ncc1Br. The smallest absolute Gasteiger partial charge is 0.221 e. The second-order valence-corrected chi connectivity index (χ2v) is 5.10. The van der Waals surface area contributed by atoms with Crippen LogP contribution in [0.5, 0.6) is 0 Å². The van der Waals surface area contributed by atoms with Gasteiger partial charge in [-0.2, -0.15) is 4.98 Å². The number of aromatic nitrogens is 2. The van der Waals surface area contributed by atoms with Crippen LogP contribution in [0.25, 0.3) is 0 Å². The Morgan fingerprint density at radius 2 is 2.19 bits per heavy atom. The van der Waals surface area contributed by atoms with Gasteiger partial charge in [-0.3, -0.25) is 0 Å². The Bertz CT molecular complexity index is 328. The van der Waals surface area contributed by atoms with Gasteiger partial charge in [-0.05, 0) is 28.3 Å². The average Bonchev–Trinajstić information content (AvgIpc) is 2.22. The van der Waals surface area contributed by atoms with E-state index in [-0.39, 0.29) is 0 Å². The molecule has 1 aromatic rings. The number of hydrogen-bond acceptors (Lipinski definition) is 4. The second kappa shape index (κ2) is 6.68. The summed E-state index contributed by atoms with van der Waals surface area (Å²) in [5.41, 5.74) is 5.51. The van der Waals surface area contributed by atoms with E-state index >= 15 is 0 Å². The molecule has 0 fully saturated rings. The number of rotatable bonds is 6. The normalized spacial score (nSPS) is 10.8. The van der Waals surface area contributed by atoms with Crippen LogP contribution in [0.2, 0.25) is 0 Å². The van der Waals surface area contributed by atoms with Crippen LogP contribution in [0.4, 0.5) is 11.8 Å². The minimum Gasteiger partial charge on any atom is -0.369 e. The van der Waals surface area contributed by atoms with Crippen molar-refractivity contribution in [3.8, 4) is 0 Å². The molecule has 1 heterocycles. The standard InChI is InChI=1S/C11H19BrN4/c1-8(2)5-3-4-6-14-10-9(12)7-15-11(13)16-10/h7-8H,3-6H2,1-2H3,(H3,13,14,15,16). The molecule has 0 aliphatic rings. The topological polar surface area (TPSA) is 63.8 Å². The molecule has 0 radical (unpaired) electrons. The van der Waals surface area contributed by atoms with Gasteiger partial charge in [-0.15, -0.1) is 0 Å². The van der Waals surface area contributed by atoms with E-state index in [9.17, 15) is 0 Å². The first-order valence-corrected chi connectivity index (χ1v) is 6.40. The van der Waals surface area contributed by atoms with Gasteiger partial charge in [0.15, 0.2) is 0 Å². The highest BCUT2D eigenvalue weighted by molar-refractivity contribution is 9.10. The van der Waals surface area contributed by atoms with Gasteiger partial charge >= 0.3 is 0 Å². The maximum Gasteiger partial charge on any atom is 0.221 e. The van der Waals surface area contributed by atoms with Crippen molar-refractivity contribution in [1.29, 1.82) is 0 Å². The molecular formula is C11H19BrN4. The van der Waals surface area contributed by atoms with Crippen LogP contribution in [-0.2, 0) is 0 Å². The molecule has 4 nitrogen and oxygen atoms in total. The fraction of sp³-hybridized carbons (Fsp3) is 0.636. The third kappa shape index (κ3) is 4.79. The Labute approximate surface area is 105 Å². The van der Waals surface area contributed by atoms with Crippen molar-refractivity contribution in [3.63, 3.8) is 0 Å². The van der Waals surface area contributed by atoms with E-state index < -0.39 is 0 Å². The lowest BCUT2D eigenvalue weighted by molar-refractivity contribution is 0.544. The maximum absolute atomic E-state index is 5.51. The summed E-state index contributed by atoms with van der Waals surface area (Å²) in [5.74, 6) is 1.85. The number of unbranched alkanes of at least 4 members (excludes halogenated alkanes) is 1. The first-order chi connectivity index (χ1) is 7.59. The summed E-state index contributed by atoms with van der Waals surface area (Å²) in [4.78, 5) is 8.00. The Morgan fingerprint density at radius 3 is 2.88 bits per heavy atom. The van der Waals surface area contributed by atoms with Gasteiger partial charge in [0.2, 0.25) is 5.95 Å². The molecule has 0 aromatic carbocycles. The summed E-state index contributed by atoms with van der Waals surface area (Å²) < 4.78 is 0.852. The highest BCUT2D eigenvalue weighted by atomic mass is 79.9. The second-order valence-electron chi connectivity index (χ2n) is 4.24. The number of hydrogen-bond donors (Lipinski definition) is 2. The van der Waals surface area contributed by atoms with Crippen LogP contribution >= 0.6 is 15.9 Å². The number of nitrogens with two attached hydrogens (primary N) is 1. The summed E-state index contributed by atoms with van der Waals surface area (Å²) in [6.45, 7) is 5.41. The third-order valence-electron chi connectivity index (χ3n) is 2.26. The first-order valence-electron chi connectivity index (χ1n) is 5.61. The molecule has 90 valence electrons. The lowest BCUT2D eigenvalue weighted by Crippen LogP contribution is -2.06. The maximum atomic E-state index is 5.51. The van der Waals surface area contributed by atoms with Crippen LogP contribution in [-0.4, -0.2) is 16.5 Å². The molecule has 0 bridgehead atoms. The van der Waals surface area contributed by atoms with E-state index in [2.05, 4.69) is 45.1 Å². The lowest BCUT2D eigenvalue weighted by Gasteiger charge is -2.08. The first kappa shape index (κ1) is 13.2. The fourth-order valence-corrected chi connectivity index (χ4v) is 1.72. The molecule has 3 N–H and O–H groups in total. The van der Waals surface area contributed by atoms with Crippen LogP contribution in [0, 0.1) is 5.92 Å². The molecule has 0 saturated heterocycles. The Kier molecular flexibility index (Phi) is 5.52. The van der Waals surface area contributed by atoms with Gasteiger partial charge < -0.3 is 11.1 Å². The van der Waals surface area contributed by atoms with Crippen molar-refractivity contribution in [2.75, 3.05) is 17.6 Å². The molecule has 0 atom stereocenters. The van der Waals surface area contributed by atoms with E-state index in [1.807, 2.05) is 0 Å². The summed E-state index contributed by atoms with van der Waals surface area (Å²) in [6, 6.07) is 0. The summed E-state index contributed by atoms with van der Waals surface area (Å²) in [7, 11) is 0. The predicted octanol–water partition coefficient (Wildman–Crippen LogP) is 3.06. The zero-order chi connectivity index (χ0) is 12.0. The zero-order valence-corrected chi connectivity index (χ0v) is 11.4. The molecule has 0 amide bonds. The highest BCUT2D eigenvalue weighted by Crippen LogP contribution is 2.19. The monoisotopic (exact) mass is 286 g/mol. The number of nitrogens with zero attached hydrogens (tertiary/aromatic N) is 2. The van der Waals surface area contributed by atoms with Gasteiger partial charge in [0, 0.05) is 12.7 Å². The van der Waals surface area contributed by atoms with Crippen LogP contribution < -0.4 is 11.1 Å². The zero-order valence-electron chi connectivity index (χ0n) is 9.83. The van der Waals surface area contributed by atoms with Crippen molar-refractivity contribution < 1.29 is 0 Å². The van der Waals surface area contributed by atoms with Crippen molar-refractivity contribution in [2.45, 2.75) is 33.1 Å². The average molecular weight is 287 g/mol. The summed E-state index contributed by atoms with van der Waals surface area (Å²) in [6.07, 6.45) is 5.32. The molecule has 0 unspecified atom stereocenters. The molecule has 5 heteroatoms. The molecular weight excluding hydrogens is 268 g/mol. The van der Waals surface area contributed by atoms with Crippen LogP contribution in [0.1, 0.15) is 33.1 Å². The van der Waals surface area contributed by atoms with Gasteiger partial charge in [0.05, 0.1) is 4.47 Å². The minimum absolute atomic E-state index is 0.299. The number of anilines is 2. The molecule has 1 rings (SSSR count). The summed E-state index contributed by atoms with van der Waals surface area (Å²) >= 11 is 3.38. The van der Waals surface area contributed by atoms with Gasteiger partial charge in [-0.25, -0.2) is 4.98 Å². The largest absolute Gasteiger partial charge is 0.369 e. The van der Waals surface area contributed by atoms with Crippen molar-refractivity contribution in [3.05, 3.63) is 10.7 Å². The highest BCUT2D eigenvalue weighted by Gasteiger charge is 2.02. The van der Waals surface area contributed by atoms with Crippen LogP contribution in [0.15, 0.2) is 10.7 Å². The van der Waals surface area contributed by atoms with E-state index in [1.165, 1.54) is 12.8 Å². The van der Waals surface area contributed by atoms with Crippen LogP contribution in [0.3, 0.4) is 0 Å². The van der Waals surface area contributed by atoms with Crippen molar-refractivity contribution in [2.24, 2.45) is 5.92 Å². The van der Waals surface area contributed by atoms with E-state index in [0.29, 0.717) is 5.95 Å². The van der Waals surface area contributed by atoms with E-state index in [4.69, 9.17) is 5.73 Å². The predicted molar refractivity (Wildman–Crippen MR) is 71.3 cm³/mol. The Morgan fingerprint density at radius 1 is 1.44 bits per heavy atom. The fourth-order valence-electron chi connectivity index (χ4n) is 1.39. The molecule has 0 saturated carbocycles. The minimum atomic E-state index is 0.299. The molecule has 16 heavy (non-hydrogen) atoms. The molecule has 0 spiro atoms. The van der Waals surface area contributed by atoms with E-state index in [0.717, 1.165) is 29.2 Å². The van der Waals surface area contributed by atoms with E-state index in [1.54, 1.807) is 6.20 Å². The van der Waals surface area contributed by atoms with Gasteiger partial charge in [-0.1, -0.05) is 26.7 Å². The van der Waals surface area contributed by atoms with Gasteiger partial charge in [0.25, 0.3) is 0 Å². The Balaban J connectivity index is 2.29. The van der Waals surface area contributed by atoms with Crippen molar-refractivity contribution >= 4 is 27.7 Å². The number of nitrogen functional groups attached to an aromatic ring is 1.